The van der Waals surface area contributed by atoms with E-state index in [4.69, 9.17) is 14.5 Å². The van der Waals surface area contributed by atoms with Crippen LogP contribution < -0.4 is 10.1 Å². The summed E-state index contributed by atoms with van der Waals surface area (Å²) in [5.41, 5.74) is 2.35. The van der Waals surface area contributed by atoms with Gasteiger partial charge in [-0.05, 0) is 37.5 Å². The van der Waals surface area contributed by atoms with Crippen molar-refractivity contribution >= 4 is 29.9 Å². The number of aromatic nitrogens is 2. The third-order valence-corrected chi connectivity index (χ3v) is 4.83. The van der Waals surface area contributed by atoms with Gasteiger partial charge in [0.1, 0.15) is 11.9 Å². The van der Waals surface area contributed by atoms with E-state index in [0.29, 0.717) is 6.61 Å². The molecule has 0 amide bonds. The Morgan fingerprint density at radius 2 is 2.23 bits per heavy atom. The minimum atomic E-state index is 0. The Hall–Kier alpha value is -1.81. The number of aliphatic imine (C=N–C) groups is 1. The molecule has 30 heavy (non-hydrogen) atoms. The van der Waals surface area contributed by atoms with Crippen LogP contribution in [0.4, 0.5) is 0 Å². The van der Waals surface area contributed by atoms with Crippen molar-refractivity contribution in [3.05, 3.63) is 47.8 Å². The van der Waals surface area contributed by atoms with Gasteiger partial charge in [0.15, 0.2) is 5.96 Å². The Kier molecular flexibility index (Phi) is 10.4. The second-order valence-corrected chi connectivity index (χ2v) is 7.23. The molecule has 1 aliphatic heterocycles. The van der Waals surface area contributed by atoms with Gasteiger partial charge in [0.25, 0.3) is 0 Å². The minimum absolute atomic E-state index is 0. The first kappa shape index (κ1) is 24.5. The van der Waals surface area contributed by atoms with Crippen molar-refractivity contribution < 1.29 is 9.47 Å². The number of guanidine groups is 1. The standard InChI is InChI=1S/C22H33N5O2.HI/c1-4-12-28-20-8-6-7-18(14-20)9-10-24-22(23-5-2)27-11-13-29-21(17-27)19-15-25-26(3)16-19;/h6-8,14-16,21H,4-5,9-13,17H2,1-3H3,(H,23,24);1H. The third-order valence-electron chi connectivity index (χ3n) is 4.83. The fourth-order valence-electron chi connectivity index (χ4n) is 3.38. The summed E-state index contributed by atoms with van der Waals surface area (Å²) in [6.45, 7) is 8.83. The Morgan fingerprint density at radius 3 is 2.97 bits per heavy atom. The number of morpholine rings is 1. The molecule has 1 aromatic heterocycles. The van der Waals surface area contributed by atoms with Gasteiger partial charge in [-0.15, -0.1) is 24.0 Å². The van der Waals surface area contributed by atoms with Crippen molar-refractivity contribution in [2.24, 2.45) is 12.0 Å². The van der Waals surface area contributed by atoms with E-state index in [0.717, 1.165) is 62.9 Å². The van der Waals surface area contributed by atoms with E-state index < -0.39 is 0 Å². The molecule has 0 spiro atoms. The van der Waals surface area contributed by atoms with Crippen molar-refractivity contribution in [1.29, 1.82) is 0 Å². The second-order valence-electron chi connectivity index (χ2n) is 7.23. The largest absolute Gasteiger partial charge is 0.494 e. The van der Waals surface area contributed by atoms with Gasteiger partial charge in [0.2, 0.25) is 0 Å². The molecule has 7 nitrogen and oxygen atoms in total. The number of aryl methyl sites for hydroxylation is 1. The first-order valence-electron chi connectivity index (χ1n) is 10.5. The smallest absolute Gasteiger partial charge is 0.194 e. The molecule has 3 rings (SSSR count). The average Bonchev–Trinajstić information content (AvgIpc) is 3.18. The van der Waals surface area contributed by atoms with E-state index >= 15 is 0 Å². The Labute approximate surface area is 196 Å². The topological polar surface area (TPSA) is 63.9 Å². The lowest BCUT2D eigenvalue weighted by Gasteiger charge is -2.34. The van der Waals surface area contributed by atoms with Crippen LogP contribution in [0.1, 0.15) is 37.5 Å². The van der Waals surface area contributed by atoms with Crippen LogP contribution in [0.3, 0.4) is 0 Å². The van der Waals surface area contributed by atoms with Gasteiger partial charge in [-0.25, -0.2) is 0 Å². The summed E-state index contributed by atoms with van der Waals surface area (Å²) < 4.78 is 13.5. The van der Waals surface area contributed by atoms with Gasteiger partial charge in [-0.1, -0.05) is 19.1 Å². The fourth-order valence-corrected chi connectivity index (χ4v) is 3.38. The summed E-state index contributed by atoms with van der Waals surface area (Å²) in [6.07, 6.45) is 5.82. The number of nitrogens with one attached hydrogen (secondary N) is 1. The lowest BCUT2D eigenvalue weighted by Crippen LogP contribution is -2.48. The molecule has 1 N–H and O–H groups in total. The molecule has 1 aromatic carbocycles. The number of halogens is 1. The predicted molar refractivity (Wildman–Crippen MR) is 131 cm³/mol. The highest BCUT2D eigenvalue weighted by Crippen LogP contribution is 2.21. The normalized spacial score (nSPS) is 16.8. The summed E-state index contributed by atoms with van der Waals surface area (Å²) in [7, 11) is 1.93. The zero-order chi connectivity index (χ0) is 20.5. The van der Waals surface area contributed by atoms with Crippen LogP contribution in [0.25, 0.3) is 0 Å². The van der Waals surface area contributed by atoms with E-state index in [2.05, 4.69) is 47.4 Å². The predicted octanol–water partition coefficient (Wildman–Crippen LogP) is 3.41. The Balaban J connectivity index is 0.00000320. The van der Waals surface area contributed by atoms with Crippen molar-refractivity contribution in [2.45, 2.75) is 32.8 Å². The Morgan fingerprint density at radius 1 is 1.37 bits per heavy atom. The molecule has 1 saturated heterocycles. The number of nitrogens with zero attached hydrogens (tertiary/aromatic N) is 4. The van der Waals surface area contributed by atoms with E-state index in [1.165, 1.54) is 5.56 Å². The number of hydrogen-bond donors (Lipinski definition) is 1. The maximum atomic E-state index is 5.96. The Bertz CT molecular complexity index is 795. The van der Waals surface area contributed by atoms with E-state index in [1.807, 2.05) is 30.2 Å². The van der Waals surface area contributed by atoms with Crippen molar-refractivity contribution in [3.8, 4) is 5.75 Å². The molecule has 166 valence electrons. The molecule has 1 unspecified atom stereocenters. The molecule has 0 bridgehead atoms. The molecule has 2 heterocycles. The van der Waals surface area contributed by atoms with Gasteiger partial charge in [0.05, 0.1) is 26.0 Å². The van der Waals surface area contributed by atoms with Crippen LogP contribution in [0.2, 0.25) is 0 Å². The zero-order valence-corrected chi connectivity index (χ0v) is 20.5. The second kappa shape index (κ2) is 12.8. The lowest BCUT2D eigenvalue weighted by atomic mass is 10.1. The molecule has 0 radical (unpaired) electrons. The van der Waals surface area contributed by atoms with Gasteiger partial charge < -0.3 is 19.7 Å². The van der Waals surface area contributed by atoms with Crippen LogP contribution in [0.15, 0.2) is 41.7 Å². The van der Waals surface area contributed by atoms with Crippen LogP contribution >= 0.6 is 24.0 Å². The van der Waals surface area contributed by atoms with E-state index in [-0.39, 0.29) is 30.1 Å². The highest BCUT2D eigenvalue weighted by atomic mass is 127. The molecular weight excluding hydrogens is 493 g/mol. The molecule has 2 aromatic rings. The summed E-state index contributed by atoms with van der Waals surface area (Å²) in [5, 5.41) is 7.70. The van der Waals surface area contributed by atoms with Crippen LogP contribution in [0.5, 0.6) is 5.75 Å². The number of hydrogen-bond acceptors (Lipinski definition) is 4. The monoisotopic (exact) mass is 527 g/mol. The third kappa shape index (κ3) is 7.16. The summed E-state index contributed by atoms with van der Waals surface area (Å²) in [6, 6.07) is 8.31. The van der Waals surface area contributed by atoms with Gasteiger partial charge >= 0.3 is 0 Å². The summed E-state index contributed by atoms with van der Waals surface area (Å²) in [4.78, 5) is 7.16. The molecule has 1 aliphatic rings. The number of rotatable bonds is 8. The number of ether oxygens (including phenoxy) is 2. The lowest BCUT2D eigenvalue weighted by molar-refractivity contribution is -0.00803. The van der Waals surface area contributed by atoms with Gasteiger partial charge in [-0.2, -0.15) is 5.10 Å². The van der Waals surface area contributed by atoms with Crippen molar-refractivity contribution in [1.82, 2.24) is 20.0 Å². The van der Waals surface area contributed by atoms with Crippen LogP contribution in [0, 0.1) is 0 Å². The van der Waals surface area contributed by atoms with E-state index in [1.54, 1.807) is 0 Å². The summed E-state index contributed by atoms with van der Waals surface area (Å²) in [5.74, 6) is 1.89. The van der Waals surface area contributed by atoms with Crippen molar-refractivity contribution in [2.75, 3.05) is 39.4 Å². The molecule has 0 aliphatic carbocycles. The molecule has 1 atom stereocenters. The average molecular weight is 527 g/mol. The highest BCUT2D eigenvalue weighted by molar-refractivity contribution is 14.0. The fraction of sp³-hybridized carbons (Fsp3) is 0.545. The molecular formula is C22H34IN5O2. The molecule has 0 saturated carbocycles. The van der Waals surface area contributed by atoms with Gasteiger partial charge in [-0.3, -0.25) is 9.67 Å². The molecule has 8 heteroatoms. The number of benzene rings is 1. The molecule has 1 fully saturated rings. The van der Waals surface area contributed by atoms with E-state index in [9.17, 15) is 0 Å². The quantitative estimate of drug-likeness (QED) is 0.324. The summed E-state index contributed by atoms with van der Waals surface area (Å²) >= 11 is 0. The van der Waals surface area contributed by atoms with Gasteiger partial charge in [0, 0.05) is 38.4 Å². The maximum absolute atomic E-state index is 5.96. The van der Waals surface area contributed by atoms with Crippen LogP contribution in [-0.4, -0.2) is 60.0 Å². The highest BCUT2D eigenvalue weighted by Gasteiger charge is 2.25. The first-order chi connectivity index (χ1) is 14.2. The first-order valence-corrected chi connectivity index (χ1v) is 10.5. The maximum Gasteiger partial charge on any atom is 0.194 e. The van der Waals surface area contributed by atoms with Crippen LogP contribution in [-0.2, 0) is 18.2 Å². The van der Waals surface area contributed by atoms with Crippen molar-refractivity contribution in [3.63, 3.8) is 0 Å². The zero-order valence-electron chi connectivity index (χ0n) is 18.2. The SMILES string of the molecule is CCCOc1cccc(CCN=C(NCC)N2CCOC(c3cnn(C)c3)C2)c1.I. The minimum Gasteiger partial charge on any atom is -0.494 e.